The van der Waals surface area contributed by atoms with Crippen LogP contribution in [0.25, 0.3) is 0 Å². The first kappa shape index (κ1) is 13.2. The number of carbonyl (C=O) groups excluding carboxylic acids is 1. The van der Waals surface area contributed by atoms with E-state index in [0.717, 1.165) is 30.8 Å². The summed E-state index contributed by atoms with van der Waals surface area (Å²) >= 11 is 0. The highest BCUT2D eigenvalue weighted by molar-refractivity contribution is 5.85. The maximum absolute atomic E-state index is 12.0. The molecule has 2 aliphatic heterocycles. The van der Waals surface area contributed by atoms with Gasteiger partial charge in [-0.15, -0.1) is 12.4 Å². The monoisotopic (exact) mass is 268 g/mol. The molecular formula is C13H17ClN2O2. The number of halogens is 1. The Hall–Kier alpha value is -1.26. The third-order valence-electron chi connectivity index (χ3n) is 3.45. The number of nitrogens with one attached hydrogen (secondary N) is 2. The Balaban J connectivity index is 0.00000120. The first-order chi connectivity index (χ1) is 8.34. The van der Waals surface area contributed by atoms with Gasteiger partial charge in [-0.25, -0.2) is 0 Å². The van der Waals surface area contributed by atoms with E-state index >= 15 is 0 Å². The highest BCUT2D eigenvalue weighted by atomic mass is 35.5. The summed E-state index contributed by atoms with van der Waals surface area (Å²) in [5.74, 6) is 1.14. The van der Waals surface area contributed by atoms with Gasteiger partial charge < -0.3 is 15.4 Å². The van der Waals surface area contributed by atoms with Crippen LogP contribution in [0.2, 0.25) is 0 Å². The minimum atomic E-state index is 0. The van der Waals surface area contributed by atoms with E-state index in [1.807, 2.05) is 24.3 Å². The summed E-state index contributed by atoms with van der Waals surface area (Å²) < 4.78 is 5.54. The van der Waals surface area contributed by atoms with Crippen LogP contribution in [0.5, 0.6) is 5.75 Å². The van der Waals surface area contributed by atoms with Crippen LogP contribution in [-0.2, 0) is 4.79 Å². The topological polar surface area (TPSA) is 50.4 Å². The quantitative estimate of drug-likeness (QED) is 0.849. The van der Waals surface area contributed by atoms with Gasteiger partial charge in [-0.05, 0) is 19.0 Å². The summed E-state index contributed by atoms with van der Waals surface area (Å²) in [7, 11) is 0. The Morgan fingerprint density at radius 1 is 1.39 bits per heavy atom. The van der Waals surface area contributed by atoms with Crippen LogP contribution < -0.4 is 15.4 Å². The van der Waals surface area contributed by atoms with Gasteiger partial charge in [0, 0.05) is 12.1 Å². The second kappa shape index (κ2) is 5.59. The molecule has 0 aliphatic carbocycles. The first-order valence-electron chi connectivity index (χ1n) is 6.07. The molecule has 2 heterocycles. The van der Waals surface area contributed by atoms with Gasteiger partial charge in [0.1, 0.15) is 12.4 Å². The van der Waals surface area contributed by atoms with Crippen LogP contribution in [0.1, 0.15) is 18.0 Å². The summed E-state index contributed by atoms with van der Waals surface area (Å²) in [4.78, 5) is 12.0. The third-order valence-corrected chi connectivity index (χ3v) is 3.45. The van der Waals surface area contributed by atoms with E-state index in [4.69, 9.17) is 4.74 Å². The van der Waals surface area contributed by atoms with Crippen LogP contribution in [0.15, 0.2) is 24.3 Å². The fraction of sp³-hybridized carbons (Fsp3) is 0.462. The Bertz CT molecular complexity index is 433. The van der Waals surface area contributed by atoms with Crippen molar-refractivity contribution in [1.29, 1.82) is 0 Å². The molecule has 2 atom stereocenters. The summed E-state index contributed by atoms with van der Waals surface area (Å²) in [6, 6.07) is 7.89. The molecule has 5 heteroatoms. The van der Waals surface area contributed by atoms with Crippen molar-refractivity contribution in [2.75, 3.05) is 19.7 Å². The molecule has 0 spiro atoms. The van der Waals surface area contributed by atoms with Gasteiger partial charge in [-0.3, -0.25) is 4.79 Å². The van der Waals surface area contributed by atoms with E-state index in [1.165, 1.54) is 0 Å². The molecule has 0 radical (unpaired) electrons. The van der Waals surface area contributed by atoms with E-state index < -0.39 is 0 Å². The number of fused-ring (bicyclic) bond motifs is 1. The van der Waals surface area contributed by atoms with Crippen LogP contribution >= 0.6 is 12.4 Å². The molecular weight excluding hydrogens is 252 g/mol. The third kappa shape index (κ3) is 2.44. The summed E-state index contributed by atoms with van der Waals surface area (Å²) in [6.07, 6.45) is 0.932. The smallest absolute Gasteiger partial charge is 0.225 e. The number of ether oxygens (including phenoxy) is 1. The molecule has 2 aliphatic rings. The zero-order valence-corrected chi connectivity index (χ0v) is 10.8. The van der Waals surface area contributed by atoms with Gasteiger partial charge in [-0.1, -0.05) is 18.2 Å². The molecule has 98 valence electrons. The minimum Gasteiger partial charge on any atom is -0.491 e. The van der Waals surface area contributed by atoms with Crippen LogP contribution in [0, 0.1) is 5.92 Å². The van der Waals surface area contributed by atoms with Crippen molar-refractivity contribution in [2.45, 2.75) is 12.5 Å². The van der Waals surface area contributed by atoms with E-state index in [-0.39, 0.29) is 30.3 Å². The summed E-state index contributed by atoms with van der Waals surface area (Å²) in [5, 5.41) is 6.28. The lowest BCUT2D eigenvalue weighted by molar-refractivity contribution is -0.125. The predicted octanol–water partition coefficient (Wildman–Crippen LogP) is 1.27. The predicted molar refractivity (Wildman–Crippen MR) is 71.0 cm³/mol. The molecule has 1 saturated heterocycles. The standard InChI is InChI=1S/C13H16N2O2.ClH/c16-13(9-5-6-14-7-9)15-11-8-17-12-4-2-1-3-10(11)12;/h1-4,9,11,14H,5-8H2,(H,15,16);1H. The molecule has 2 unspecified atom stereocenters. The molecule has 1 aromatic carbocycles. The normalized spacial score (nSPS) is 24.9. The summed E-state index contributed by atoms with van der Waals surface area (Å²) in [6.45, 7) is 2.28. The maximum atomic E-state index is 12.0. The zero-order chi connectivity index (χ0) is 11.7. The second-order valence-electron chi connectivity index (χ2n) is 4.60. The van der Waals surface area contributed by atoms with Crippen molar-refractivity contribution in [3.05, 3.63) is 29.8 Å². The maximum Gasteiger partial charge on any atom is 0.225 e. The number of rotatable bonds is 2. The van der Waals surface area contributed by atoms with Crippen molar-refractivity contribution in [3.8, 4) is 5.75 Å². The Morgan fingerprint density at radius 3 is 3.00 bits per heavy atom. The molecule has 0 bridgehead atoms. The highest BCUT2D eigenvalue weighted by Crippen LogP contribution is 2.31. The first-order valence-corrected chi connectivity index (χ1v) is 6.07. The number of benzene rings is 1. The molecule has 3 rings (SSSR count). The van der Waals surface area contributed by atoms with Gasteiger partial charge in [-0.2, -0.15) is 0 Å². The molecule has 2 N–H and O–H groups in total. The van der Waals surface area contributed by atoms with Gasteiger partial charge in [0.15, 0.2) is 0 Å². The molecule has 1 amide bonds. The van der Waals surface area contributed by atoms with Gasteiger partial charge >= 0.3 is 0 Å². The number of para-hydroxylation sites is 1. The molecule has 0 saturated carbocycles. The second-order valence-corrected chi connectivity index (χ2v) is 4.60. The zero-order valence-electron chi connectivity index (χ0n) is 10.0. The highest BCUT2D eigenvalue weighted by Gasteiger charge is 2.29. The van der Waals surface area contributed by atoms with E-state index in [2.05, 4.69) is 10.6 Å². The van der Waals surface area contributed by atoms with Gasteiger partial charge in [0.25, 0.3) is 0 Å². The Morgan fingerprint density at radius 2 is 2.22 bits per heavy atom. The Labute approximate surface area is 113 Å². The SMILES string of the molecule is Cl.O=C(NC1COc2ccccc21)C1CCNC1. The van der Waals surface area contributed by atoms with E-state index in [0.29, 0.717) is 6.61 Å². The van der Waals surface area contributed by atoms with Crippen LogP contribution in [-0.4, -0.2) is 25.6 Å². The molecule has 1 fully saturated rings. The minimum absolute atomic E-state index is 0. The lowest BCUT2D eigenvalue weighted by Gasteiger charge is -2.14. The van der Waals surface area contributed by atoms with E-state index in [9.17, 15) is 4.79 Å². The largest absolute Gasteiger partial charge is 0.491 e. The fourth-order valence-electron chi connectivity index (χ4n) is 2.45. The van der Waals surface area contributed by atoms with Gasteiger partial charge in [0.2, 0.25) is 5.91 Å². The van der Waals surface area contributed by atoms with Crippen molar-refractivity contribution >= 4 is 18.3 Å². The Kier molecular flexibility index (Phi) is 4.09. The lowest BCUT2D eigenvalue weighted by atomic mass is 10.1. The van der Waals surface area contributed by atoms with Crippen molar-refractivity contribution in [2.24, 2.45) is 5.92 Å². The molecule has 0 aromatic heterocycles. The van der Waals surface area contributed by atoms with Crippen LogP contribution in [0.4, 0.5) is 0 Å². The van der Waals surface area contributed by atoms with E-state index in [1.54, 1.807) is 0 Å². The number of hydrogen-bond acceptors (Lipinski definition) is 3. The van der Waals surface area contributed by atoms with Crippen LogP contribution in [0.3, 0.4) is 0 Å². The number of amides is 1. The van der Waals surface area contributed by atoms with Crippen molar-refractivity contribution < 1.29 is 9.53 Å². The molecule has 18 heavy (non-hydrogen) atoms. The van der Waals surface area contributed by atoms with Crippen molar-refractivity contribution in [3.63, 3.8) is 0 Å². The molecule has 1 aromatic rings. The average Bonchev–Trinajstić information content (AvgIpc) is 2.98. The lowest BCUT2D eigenvalue weighted by Crippen LogP contribution is -2.35. The number of hydrogen-bond donors (Lipinski definition) is 2. The number of carbonyl (C=O) groups is 1. The molecule has 4 nitrogen and oxygen atoms in total. The average molecular weight is 269 g/mol. The summed E-state index contributed by atoms with van der Waals surface area (Å²) in [5.41, 5.74) is 1.09. The fourth-order valence-corrected chi connectivity index (χ4v) is 2.45. The van der Waals surface area contributed by atoms with Crippen molar-refractivity contribution in [1.82, 2.24) is 10.6 Å². The van der Waals surface area contributed by atoms with Gasteiger partial charge in [0.05, 0.1) is 12.0 Å².